The molecule has 0 bridgehead atoms. The quantitative estimate of drug-likeness (QED) is 0.490. The van der Waals surface area contributed by atoms with Gasteiger partial charge in [-0.1, -0.05) is 0 Å². The molecule has 0 aromatic rings. The highest BCUT2D eigenvalue weighted by Gasteiger charge is 2.13. The van der Waals surface area contributed by atoms with Crippen molar-refractivity contribution in [3.8, 4) is 0 Å². The first-order valence-corrected chi connectivity index (χ1v) is 6.60. The third kappa shape index (κ3) is 8.34. The van der Waals surface area contributed by atoms with Gasteiger partial charge in [-0.2, -0.15) is 0 Å². The van der Waals surface area contributed by atoms with Gasteiger partial charge in [0.25, 0.3) is 0 Å². The second-order valence-corrected chi connectivity index (χ2v) is 5.17. The molecule has 0 fully saturated rings. The highest BCUT2D eigenvalue weighted by molar-refractivity contribution is 7.88. The molecular formula is C8H18N2O4S. The normalized spacial score (nSPS) is 13.7. The Bertz CT molecular complexity index is 289. The first-order valence-electron chi connectivity index (χ1n) is 4.71. The van der Waals surface area contributed by atoms with E-state index in [1.807, 2.05) is 0 Å². The number of carboxylic acid groups (broad SMARTS) is 1. The van der Waals surface area contributed by atoms with E-state index in [1.54, 1.807) is 7.05 Å². The van der Waals surface area contributed by atoms with Crippen LogP contribution in [0.4, 0.5) is 0 Å². The third-order valence-electron chi connectivity index (χ3n) is 1.93. The molecule has 0 heterocycles. The molecule has 6 nitrogen and oxygen atoms in total. The molecule has 90 valence electrons. The van der Waals surface area contributed by atoms with Crippen LogP contribution in [0.3, 0.4) is 0 Å². The number of sulfonamides is 1. The van der Waals surface area contributed by atoms with Gasteiger partial charge in [0.15, 0.2) is 0 Å². The van der Waals surface area contributed by atoms with Crippen molar-refractivity contribution in [2.45, 2.75) is 25.3 Å². The lowest BCUT2D eigenvalue weighted by Gasteiger charge is -2.10. The molecule has 0 saturated heterocycles. The molecule has 0 saturated carbocycles. The number of carbonyl (C=O) groups is 1. The van der Waals surface area contributed by atoms with Crippen molar-refractivity contribution in [1.29, 1.82) is 0 Å². The molecule has 0 amide bonds. The van der Waals surface area contributed by atoms with Crippen molar-refractivity contribution in [3.05, 3.63) is 0 Å². The van der Waals surface area contributed by atoms with E-state index in [0.29, 0.717) is 25.8 Å². The van der Waals surface area contributed by atoms with Crippen molar-refractivity contribution < 1.29 is 18.3 Å². The fraction of sp³-hybridized carbons (Fsp3) is 0.875. The Kier molecular flexibility index (Phi) is 6.46. The molecule has 0 radical (unpaired) electrons. The third-order valence-corrected chi connectivity index (χ3v) is 2.66. The summed E-state index contributed by atoms with van der Waals surface area (Å²) in [5.74, 6) is -0.881. The summed E-state index contributed by atoms with van der Waals surface area (Å²) < 4.78 is 23.7. The molecular weight excluding hydrogens is 220 g/mol. The Morgan fingerprint density at radius 1 is 1.40 bits per heavy atom. The Morgan fingerprint density at radius 2 is 2.00 bits per heavy atom. The second kappa shape index (κ2) is 6.76. The van der Waals surface area contributed by atoms with Crippen molar-refractivity contribution in [2.75, 3.05) is 19.8 Å². The molecule has 0 unspecified atom stereocenters. The van der Waals surface area contributed by atoms with Crippen LogP contribution in [0, 0.1) is 0 Å². The maximum atomic E-state index is 10.7. The van der Waals surface area contributed by atoms with E-state index in [9.17, 15) is 13.2 Å². The second-order valence-electron chi connectivity index (χ2n) is 3.34. The largest absolute Gasteiger partial charge is 0.480 e. The molecule has 0 aliphatic rings. The minimum atomic E-state index is -3.13. The fourth-order valence-electron chi connectivity index (χ4n) is 1.12. The summed E-state index contributed by atoms with van der Waals surface area (Å²) in [6, 6.07) is -0.553. The van der Waals surface area contributed by atoms with Gasteiger partial charge in [0.2, 0.25) is 10.0 Å². The molecule has 0 spiro atoms. The number of aliphatic carboxylic acids is 1. The van der Waals surface area contributed by atoms with E-state index in [-0.39, 0.29) is 0 Å². The number of nitrogens with one attached hydrogen (secondary N) is 2. The lowest BCUT2D eigenvalue weighted by Crippen LogP contribution is -2.33. The highest BCUT2D eigenvalue weighted by Crippen LogP contribution is 2.00. The van der Waals surface area contributed by atoms with E-state index in [1.165, 1.54) is 0 Å². The number of hydrogen-bond acceptors (Lipinski definition) is 4. The smallest absolute Gasteiger partial charge is 0.320 e. The molecule has 7 heteroatoms. The van der Waals surface area contributed by atoms with Crippen LogP contribution in [0.2, 0.25) is 0 Å². The number of unbranched alkanes of at least 4 members (excludes halogenated alkanes) is 1. The van der Waals surface area contributed by atoms with Crippen molar-refractivity contribution in [2.24, 2.45) is 0 Å². The summed E-state index contributed by atoms with van der Waals surface area (Å²) in [6.45, 7) is 0.356. The van der Waals surface area contributed by atoms with Gasteiger partial charge in [0.05, 0.1) is 6.26 Å². The van der Waals surface area contributed by atoms with Gasteiger partial charge in [-0.3, -0.25) is 4.79 Å². The minimum Gasteiger partial charge on any atom is -0.480 e. The average molecular weight is 238 g/mol. The predicted molar refractivity (Wildman–Crippen MR) is 57.2 cm³/mol. The summed E-state index contributed by atoms with van der Waals surface area (Å²) in [6.07, 6.45) is 2.90. The maximum absolute atomic E-state index is 10.7. The molecule has 0 aliphatic heterocycles. The Hall–Kier alpha value is -0.660. The fourth-order valence-corrected chi connectivity index (χ4v) is 1.64. The van der Waals surface area contributed by atoms with Gasteiger partial charge in [0.1, 0.15) is 6.04 Å². The SMILES string of the molecule is CN[C@@H](CCCCNS(C)(=O)=O)C(=O)O. The van der Waals surface area contributed by atoms with Crippen LogP contribution in [0.25, 0.3) is 0 Å². The maximum Gasteiger partial charge on any atom is 0.320 e. The van der Waals surface area contributed by atoms with Crippen LogP contribution in [0.15, 0.2) is 0 Å². The number of hydrogen-bond donors (Lipinski definition) is 3. The predicted octanol–water partition coefficient (Wildman–Crippen LogP) is -0.621. The number of likely N-dealkylation sites (N-methyl/N-ethyl adjacent to an activating group) is 1. The highest BCUT2D eigenvalue weighted by atomic mass is 32.2. The molecule has 0 aliphatic carbocycles. The van der Waals surface area contributed by atoms with Crippen LogP contribution in [0.5, 0.6) is 0 Å². The first-order chi connectivity index (χ1) is 6.87. The molecule has 3 N–H and O–H groups in total. The van der Waals surface area contributed by atoms with Gasteiger partial charge in [-0.15, -0.1) is 0 Å². The zero-order chi connectivity index (χ0) is 11.9. The van der Waals surface area contributed by atoms with Gasteiger partial charge in [-0.05, 0) is 26.3 Å². The van der Waals surface area contributed by atoms with Gasteiger partial charge in [-0.25, -0.2) is 13.1 Å². The van der Waals surface area contributed by atoms with E-state index >= 15 is 0 Å². The first kappa shape index (κ1) is 14.3. The van der Waals surface area contributed by atoms with Crippen molar-refractivity contribution in [1.82, 2.24) is 10.0 Å². The van der Waals surface area contributed by atoms with E-state index in [2.05, 4.69) is 10.0 Å². The van der Waals surface area contributed by atoms with Crippen LogP contribution >= 0.6 is 0 Å². The monoisotopic (exact) mass is 238 g/mol. The van der Waals surface area contributed by atoms with Gasteiger partial charge >= 0.3 is 5.97 Å². The number of carboxylic acids is 1. The Morgan fingerprint density at radius 3 is 2.40 bits per heavy atom. The Balaban J connectivity index is 3.58. The van der Waals surface area contributed by atoms with Crippen molar-refractivity contribution in [3.63, 3.8) is 0 Å². The molecule has 1 atom stereocenters. The molecule has 0 aromatic carbocycles. The van der Waals surface area contributed by atoms with E-state index in [0.717, 1.165) is 6.26 Å². The zero-order valence-corrected chi connectivity index (χ0v) is 9.80. The lowest BCUT2D eigenvalue weighted by atomic mass is 10.1. The van der Waals surface area contributed by atoms with Crippen LogP contribution in [-0.2, 0) is 14.8 Å². The zero-order valence-electron chi connectivity index (χ0n) is 8.99. The Labute approximate surface area is 90.1 Å². The van der Waals surface area contributed by atoms with Crippen LogP contribution in [-0.4, -0.2) is 45.4 Å². The average Bonchev–Trinajstić information content (AvgIpc) is 2.08. The lowest BCUT2D eigenvalue weighted by molar-refractivity contribution is -0.139. The molecule has 0 rings (SSSR count). The summed E-state index contributed by atoms with van der Waals surface area (Å²) in [4.78, 5) is 10.6. The number of rotatable bonds is 8. The molecule has 0 aromatic heterocycles. The van der Waals surface area contributed by atoms with Gasteiger partial charge in [0, 0.05) is 6.54 Å². The van der Waals surface area contributed by atoms with Crippen LogP contribution < -0.4 is 10.0 Å². The van der Waals surface area contributed by atoms with E-state index < -0.39 is 22.0 Å². The van der Waals surface area contributed by atoms with E-state index in [4.69, 9.17) is 5.11 Å². The summed E-state index contributed by atoms with van der Waals surface area (Å²) in [7, 11) is -1.54. The minimum absolute atomic E-state index is 0.356. The van der Waals surface area contributed by atoms with Crippen molar-refractivity contribution >= 4 is 16.0 Å². The summed E-state index contributed by atoms with van der Waals surface area (Å²) in [5, 5.41) is 11.4. The topological polar surface area (TPSA) is 95.5 Å². The molecule has 15 heavy (non-hydrogen) atoms. The standard InChI is InChI=1S/C8H18N2O4S/c1-9-7(8(11)12)5-3-4-6-10-15(2,13)14/h7,9-10H,3-6H2,1-2H3,(H,11,12)/t7-/m0/s1. The van der Waals surface area contributed by atoms with Crippen LogP contribution in [0.1, 0.15) is 19.3 Å². The summed E-state index contributed by atoms with van der Waals surface area (Å²) >= 11 is 0. The summed E-state index contributed by atoms with van der Waals surface area (Å²) in [5.41, 5.74) is 0. The van der Waals surface area contributed by atoms with Gasteiger partial charge < -0.3 is 10.4 Å².